The number of aromatic nitrogens is 1. The summed E-state index contributed by atoms with van der Waals surface area (Å²) in [5.74, 6) is 0.380. The quantitative estimate of drug-likeness (QED) is 0.285. The third kappa shape index (κ3) is 3.97. The van der Waals surface area contributed by atoms with Crippen molar-refractivity contribution in [3.8, 4) is 16.3 Å². The number of para-hydroxylation sites is 1. The minimum absolute atomic E-state index is 0.0521. The van der Waals surface area contributed by atoms with Crippen LogP contribution >= 0.6 is 11.3 Å². The van der Waals surface area contributed by atoms with Gasteiger partial charge >= 0.3 is 11.8 Å². The molecule has 0 aliphatic rings. The van der Waals surface area contributed by atoms with Crippen molar-refractivity contribution >= 4 is 32.5 Å². The molecule has 32 heavy (non-hydrogen) atoms. The van der Waals surface area contributed by atoms with Crippen LogP contribution in [0.5, 0.6) is 5.75 Å². The second kappa shape index (κ2) is 7.80. The third-order valence-electron chi connectivity index (χ3n) is 4.89. The van der Waals surface area contributed by atoms with E-state index in [1.807, 2.05) is 24.3 Å². The molecule has 5 rings (SSSR count). The molecule has 0 fully saturated rings. The van der Waals surface area contributed by atoms with Gasteiger partial charge < -0.3 is 9.15 Å². The van der Waals surface area contributed by atoms with E-state index in [9.17, 15) is 18.0 Å². The minimum Gasteiger partial charge on any atom is -0.489 e. The minimum atomic E-state index is -4.41. The molecule has 4 nitrogen and oxygen atoms in total. The summed E-state index contributed by atoms with van der Waals surface area (Å²) in [6.07, 6.45) is -4.41. The number of benzene rings is 3. The summed E-state index contributed by atoms with van der Waals surface area (Å²) in [4.78, 5) is 17.1. The molecule has 5 aromatic rings. The van der Waals surface area contributed by atoms with Gasteiger partial charge in [0.1, 0.15) is 22.9 Å². The number of rotatable bonds is 4. The molecule has 0 radical (unpaired) electrons. The molecule has 3 aromatic carbocycles. The number of thiazole rings is 1. The van der Waals surface area contributed by atoms with Crippen LogP contribution in [0.15, 0.2) is 82.0 Å². The zero-order chi connectivity index (χ0) is 22.3. The van der Waals surface area contributed by atoms with Gasteiger partial charge in [0, 0.05) is 11.5 Å². The van der Waals surface area contributed by atoms with Crippen molar-refractivity contribution in [2.24, 2.45) is 0 Å². The van der Waals surface area contributed by atoms with Crippen LogP contribution in [-0.2, 0) is 12.8 Å². The zero-order valence-electron chi connectivity index (χ0n) is 16.3. The SMILES string of the molecule is O=c1oc2cc(OCc3cccc(C(F)(F)F)c3)ccc2cc1-c1nc2ccccc2s1. The molecule has 0 amide bonds. The highest BCUT2D eigenvalue weighted by molar-refractivity contribution is 7.21. The van der Waals surface area contributed by atoms with Gasteiger partial charge in [0.25, 0.3) is 0 Å². The predicted octanol–water partition coefficient (Wildman–Crippen LogP) is 6.67. The van der Waals surface area contributed by atoms with Gasteiger partial charge in [-0.25, -0.2) is 9.78 Å². The van der Waals surface area contributed by atoms with Crippen LogP contribution < -0.4 is 10.4 Å². The normalized spacial score (nSPS) is 11.8. The van der Waals surface area contributed by atoms with E-state index in [0.29, 0.717) is 32.9 Å². The first-order valence-corrected chi connectivity index (χ1v) is 10.4. The predicted molar refractivity (Wildman–Crippen MR) is 117 cm³/mol. The second-order valence-electron chi connectivity index (χ2n) is 7.12. The number of halogens is 3. The zero-order valence-corrected chi connectivity index (χ0v) is 17.2. The maximum Gasteiger partial charge on any atom is 0.416 e. The number of ether oxygens (including phenoxy) is 1. The Morgan fingerprint density at radius 1 is 0.969 bits per heavy atom. The largest absolute Gasteiger partial charge is 0.489 e. The van der Waals surface area contributed by atoms with E-state index in [-0.39, 0.29) is 6.61 Å². The van der Waals surface area contributed by atoms with Crippen molar-refractivity contribution in [3.05, 3.63) is 94.3 Å². The number of nitrogens with zero attached hydrogens (tertiary/aromatic N) is 1. The smallest absolute Gasteiger partial charge is 0.416 e. The molecule has 160 valence electrons. The molecule has 0 bridgehead atoms. The summed E-state index contributed by atoms with van der Waals surface area (Å²) in [7, 11) is 0. The van der Waals surface area contributed by atoms with E-state index in [0.717, 1.165) is 22.3 Å². The Labute approximate surface area is 183 Å². The first kappa shape index (κ1) is 20.3. The fourth-order valence-electron chi connectivity index (χ4n) is 3.32. The Kier molecular flexibility index (Phi) is 4.94. The highest BCUT2D eigenvalue weighted by Crippen LogP contribution is 2.31. The first-order chi connectivity index (χ1) is 15.4. The van der Waals surface area contributed by atoms with E-state index in [4.69, 9.17) is 9.15 Å². The lowest BCUT2D eigenvalue weighted by atomic mass is 10.1. The van der Waals surface area contributed by atoms with Gasteiger partial charge in [0.2, 0.25) is 0 Å². The molecule has 2 heterocycles. The van der Waals surface area contributed by atoms with Crippen LogP contribution in [0.2, 0.25) is 0 Å². The number of fused-ring (bicyclic) bond motifs is 2. The van der Waals surface area contributed by atoms with Crippen molar-refractivity contribution in [1.29, 1.82) is 0 Å². The molecular formula is C24H14F3NO3S. The van der Waals surface area contributed by atoms with Crippen molar-refractivity contribution < 1.29 is 22.3 Å². The summed E-state index contributed by atoms with van der Waals surface area (Å²) in [5.41, 5.74) is 0.632. The average Bonchev–Trinajstić information content (AvgIpc) is 3.20. The first-order valence-electron chi connectivity index (χ1n) is 9.60. The van der Waals surface area contributed by atoms with Crippen molar-refractivity contribution in [3.63, 3.8) is 0 Å². The fraction of sp³-hybridized carbons (Fsp3) is 0.0833. The maximum atomic E-state index is 12.9. The highest BCUT2D eigenvalue weighted by atomic mass is 32.1. The van der Waals surface area contributed by atoms with Crippen LogP contribution in [0, 0.1) is 0 Å². The summed E-state index contributed by atoms with van der Waals surface area (Å²) >= 11 is 1.41. The summed E-state index contributed by atoms with van der Waals surface area (Å²) in [5, 5.41) is 1.26. The Morgan fingerprint density at radius 2 is 1.81 bits per heavy atom. The van der Waals surface area contributed by atoms with Crippen LogP contribution in [0.1, 0.15) is 11.1 Å². The molecule has 2 aromatic heterocycles. The number of hydrogen-bond donors (Lipinski definition) is 0. The fourth-order valence-corrected chi connectivity index (χ4v) is 4.29. The monoisotopic (exact) mass is 453 g/mol. The molecule has 0 spiro atoms. The molecular weight excluding hydrogens is 439 g/mol. The Morgan fingerprint density at radius 3 is 2.62 bits per heavy atom. The topological polar surface area (TPSA) is 52.3 Å². The van der Waals surface area contributed by atoms with E-state index < -0.39 is 17.4 Å². The molecule has 0 aliphatic carbocycles. The second-order valence-corrected chi connectivity index (χ2v) is 8.15. The van der Waals surface area contributed by atoms with Crippen LogP contribution in [-0.4, -0.2) is 4.98 Å². The number of alkyl halides is 3. The maximum absolute atomic E-state index is 12.9. The van der Waals surface area contributed by atoms with Gasteiger partial charge in [-0.05, 0) is 48.0 Å². The summed E-state index contributed by atoms with van der Waals surface area (Å²) in [6, 6.07) is 19.2. The van der Waals surface area contributed by atoms with Gasteiger partial charge in [-0.3, -0.25) is 0 Å². The van der Waals surface area contributed by atoms with E-state index in [2.05, 4.69) is 4.98 Å². The van der Waals surface area contributed by atoms with Gasteiger partial charge in [-0.2, -0.15) is 13.2 Å². The van der Waals surface area contributed by atoms with Gasteiger partial charge in [0.05, 0.1) is 21.3 Å². The van der Waals surface area contributed by atoms with Gasteiger partial charge in [-0.15, -0.1) is 11.3 Å². The lowest BCUT2D eigenvalue weighted by Gasteiger charge is -2.10. The van der Waals surface area contributed by atoms with Crippen LogP contribution in [0.4, 0.5) is 13.2 Å². The number of hydrogen-bond acceptors (Lipinski definition) is 5. The lowest BCUT2D eigenvalue weighted by molar-refractivity contribution is -0.137. The summed E-state index contributed by atoms with van der Waals surface area (Å²) in [6.45, 7) is -0.0521. The van der Waals surface area contributed by atoms with Gasteiger partial charge in [0.15, 0.2) is 0 Å². The lowest BCUT2D eigenvalue weighted by Crippen LogP contribution is -2.06. The van der Waals surface area contributed by atoms with E-state index in [1.165, 1.54) is 17.4 Å². The molecule has 0 saturated heterocycles. The molecule has 8 heteroatoms. The highest BCUT2D eigenvalue weighted by Gasteiger charge is 2.30. The molecule has 0 saturated carbocycles. The molecule has 0 unspecified atom stereocenters. The van der Waals surface area contributed by atoms with E-state index >= 15 is 0 Å². The Bertz CT molecular complexity index is 1470. The molecule has 0 aliphatic heterocycles. The van der Waals surface area contributed by atoms with E-state index in [1.54, 1.807) is 30.3 Å². The third-order valence-corrected chi connectivity index (χ3v) is 5.96. The summed E-state index contributed by atoms with van der Waals surface area (Å²) < 4.78 is 50.7. The average molecular weight is 453 g/mol. The molecule has 0 atom stereocenters. The Hall–Kier alpha value is -3.65. The standard InChI is InChI=1S/C24H14F3NO3S/c25-24(26,27)16-5-3-4-14(10-16)13-30-17-9-8-15-11-18(23(29)31-20(15)12-17)22-28-19-6-1-2-7-21(19)32-22/h1-12H,13H2. The van der Waals surface area contributed by atoms with Crippen molar-refractivity contribution in [2.45, 2.75) is 12.8 Å². The van der Waals surface area contributed by atoms with Crippen LogP contribution in [0.3, 0.4) is 0 Å². The molecule has 0 N–H and O–H groups in total. The Balaban J connectivity index is 1.41. The van der Waals surface area contributed by atoms with Gasteiger partial charge in [-0.1, -0.05) is 24.3 Å². The van der Waals surface area contributed by atoms with Crippen molar-refractivity contribution in [1.82, 2.24) is 4.98 Å². The van der Waals surface area contributed by atoms with Crippen molar-refractivity contribution in [2.75, 3.05) is 0 Å². The van der Waals surface area contributed by atoms with Crippen LogP contribution in [0.25, 0.3) is 31.8 Å².